The summed E-state index contributed by atoms with van der Waals surface area (Å²) in [6.45, 7) is 3.61. The number of benzene rings is 2. The molecule has 2 aromatic rings. The number of rotatable bonds is 6. The zero-order valence-electron chi connectivity index (χ0n) is 16.0. The summed E-state index contributed by atoms with van der Waals surface area (Å²) in [6.07, 6.45) is 1.47. The molecule has 5 nitrogen and oxygen atoms in total. The summed E-state index contributed by atoms with van der Waals surface area (Å²) in [7, 11) is 0. The van der Waals surface area contributed by atoms with Crippen LogP contribution in [0.5, 0.6) is 0 Å². The largest absolute Gasteiger partial charge is 0.348 e. The maximum atomic E-state index is 13.0. The zero-order valence-corrected chi connectivity index (χ0v) is 16.0. The van der Waals surface area contributed by atoms with Gasteiger partial charge in [0.1, 0.15) is 5.82 Å². The molecular formula is C22H26FN3O2. The first-order chi connectivity index (χ1) is 13.5. The first-order valence-electron chi connectivity index (χ1n) is 9.64. The van der Waals surface area contributed by atoms with Gasteiger partial charge in [-0.1, -0.05) is 30.3 Å². The standard InChI is InChI=1S/C22H26FN3O2/c1-16(17-7-9-19(23)10-8-17)24-21(27)15-26-13-11-18(12-14-26)22(28)25-20-5-3-2-4-6-20/h2-10,16,18H,11-15H2,1H3,(H,24,27)(H,25,28). The van der Waals surface area contributed by atoms with Gasteiger partial charge in [0.2, 0.25) is 11.8 Å². The highest BCUT2D eigenvalue weighted by Gasteiger charge is 2.26. The van der Waals surface area contributed by atoms with Crippen LogP contribution in [0.3, 0.4) is 0 Å². The quantitative estimate of drug-likeness (QED) is 0.804. The Kier molecular flexibility index (Phi) is 6.76. The van der Waals surface area contributed by atoms with E-state index in [1.54, 1.807) is 12.1 Å². The van der Waals surface area contributed by atoms with E-state index in [0.29, 0.717) is 19.6 Å². The molecule has 2 aromatic carbocycles. The van der Waals surface area contributed by atoms with Crippen molar-refractivity contribution in [2.24, 2.45) is 5.92 Å². The third-order valence-corrected chi connectivity index (χ3v) is 5.11. The number of hydrogen-bond acceptors (Lipinski definition) is 3. The van der Waals surface area contributed by atoms with Gasteiger partial charge in [-0.15, -0.1) is 0 Å². The summed E-state index contributed by atoms with van der Waals surface area (Å²) in [6, 6.07) is 15.4. The Morgan fingerprint density at radius 3 is 2.36 bits per heavy atom. The summed E-state index contributed by atoms with van der Waals surface area (Å²) in [5.41, 5.74) is 1.68. The number of amides is 2. The number of halogens is 1. The Bertz CT molecular complexity index is 787. The van der Waals surface area contributed by atoms with Crippen LogP contribution in [0.2, 0.25) is 0 Å². The minimum atomic E-state index is -0.290. The zero-order chi connectivity index (χ0) is 19.9. The minimum Gasteiger partial charge on any atom is -0.348 e. The van der Waals surface area contributed by atoms with Crippen molar-refractivity contribution >= 4 is 17.5 Å². The number of likely N-dealkylation sites (tertiary alicyclic amines) is 1. The number of piperidine rings is 1. The van der Waals surface area contributed by atoms with E-state index in [-0.39, 0.29) is 29.6 Å². The summed E-state index contributed by atoms with van der Waals surface area (Å²) < 4.78 is 13.0. The summed E-state index contributed by atoms with van der Waals surface area (Å²) >= 11 is 0. The second-order valence-electron chi connectivity index (χ2n) is 7.25. The lowest BCUT2D eigenvalue weighted by atomic mass is 9.95. The minimum absolute atomic E-state index is 0.0299. The van der Waals surface area contributed by atoms with Crippen molar-refractivity contribution in [2.75, 3.05) is 25.0 Å². The van der Waals surface area contributed by atoms with Gasteiger partial charge in [0.15, 0.2) is 0 Å². The van der Waals surface area contributed by atoms with Crippen LogP contribution >= 0.6 is 0 Å². The maximum Gasteiger partial charge on any atom is 0.234 e. The fourth-order valence-corrected chi connectivity index (χ4v) is 3.44. The van der Waals surface area contributed by atoms with Crippen molar-refractivity contribution in [2.45, 2.75) is 25.8 Å². The maximum absolute atomic E-state index is 13.0. The highest BCUT2D eigenvalue weighted by atomic mass is 19.1. The van der Waals surface area contributed by atoms with Crippen molar-refractivity contribution in [3.05, 3.63) is 66.0 Å². The lowest BCUT2D eigenvalue weighted by molar-refractivity contribution is -0.124. The lowest BCUT2D eigenvalue weighted by Crippen LogP contribution is -2.43. The van der Waals surface area contributed by atoms with E-state index in [1.165, 1.54) is 12.1 Å². The second kappa shape index (κ2) is 9.46. The molecule has 1 unspecified atom stereocenters. The van der Waals surface area contributed by atoms with Gasteiger partial charge in [0.05, 0.1) is 12.6 Å². The van der Waals surface area contributed by atoms with Crippen LogP contribution in [0.15, 0.2) is 54.6 Å². The smallest absolute Gasteiger partial charge is 0.234 e. The van der Waals surface area contributed by atoms with Gasteiger partial charge >= 0.3 is 0 Å². The number of para-hydroxylation sites is 1. The summed E-state index contributed by atoms with van der Waals surface area (Å²) in [5.74, 6) is -0.344. The van der Waals surface area contributed by atoms with Crippen molar-refractivity contribution in [3.63, 3.8) is 0 Å². The van der Waals surface area contributed by atoms with Gasteiger partial charge in [-0.3, -0.25) is 14.5 Å². The molecule has 148 valence electrons. The monoisotopic (exact) mass is 383 g/mol. The number of hydrogen-bond donors (Lipinski definition) is 2. The molecule has 1 heterocycles. The van der Waals surface area contributed by atoms with Crippen LogP contribution in [-0.2, 0) is 9.59 Å². The van der Waals surface area contributed by atoms with Crippen LogP contribution in [0.1, 0.15) is 31.4 Å². The van der Waals surface area contributed by atoms with E-state index in [1.807, 2.05) is 37.3 Å². The third kappa shape index (κ3) is 5.63. The normalized spacial score (nSPS) is 16.4. The van der Waals surface area contributed by atoms with E-state index < -0.39 is 0 Å². The van der Waals surface area contributed by atoms with Gasteiger partial charge in [-0.05, 0) is 62.7 Å². The van der Waals surface area contributed by atoms with Crippen molar-refractivity contribution < 1.29 is 14.0 Å². The molecule has 0 aliphatic carbocycles. The molecule has 0 aromatic heterocycles. The molecule has 1 fully saturated rings. The van der Waals surface area contributed by atoms with Gasteiger partial charge in [0.25, 0.3) is 0 Å². The number of nitrogens with zero attached hydrogens (tertiary/aromatic N) is 1. The highest BCUT2D eigenvalue weighted by Crippen LogP contribution is 2.19. The van der Waals surface area contributed by atoms with E-state index in [2.05, 4.69) is 15.5 Å². The highest BCUT2D eigenvalue weighted by molar-refractivity contribution is 5.92. The predicted octanol–water partition coefficient (Wildman–Crippen LogP) is 3.35. The van der Waals surface area contributed by atoms with Crippen LogP contribution in [-0.4, -0.2) is 36.3 Å². The van der Waals surface area contributed by atoms with Gasteiger partial charge < -0.3 is 10.6 Å². The van der Waals surface area contributed by atoms with E-state index in [4.69, 9.17) is 0 Å². The molecule has 6 heteroatoms. The third-order valence-electron chi connectivity index (χ3n) is 5.11. The SMILES string of the molecule is CC(NC(=O)CN1CCC(C(=O)Nc2ccccc2)CC1)c1ccc(F)cc1. The number of anilines is 1. The Labute approximate surface area is 164 Å². The van der Waals surface area contributed by atoms with Crippen molar-refractivity contribution in [1.82, 2.24) is 10.2 Å². The molecule has 28 heavy (non-hydrogen) atoms. The molecule has 0 spiro atoms. The molecule has 1 atom stereocenters. The topological polar surface area (TPSA) is 61.4 Å². The number of nitrogens with one attached hydrogen (secondary N) is 2. The first kappa shape index (κ1) is 20.0. The van der Waals surface area contributed by atoms with E-state index in [0.717, 1.165) is 24.1 Å². The van der Waals surface area contributed by atoms with Crippen molar-refractivity contribution in [1.29, 1.82) is 0 Å². The van der Waals surface area contributed by atoms with Crippen LogP contribution in [0.25, 0.3) is 0 Å². The first-order valence-corrected chi connectivity index (χ1v) is 9.64. The summed E-state index contributed by atoms with van der Waals surface area (Å²) in [4.78, 5) is 26.8. The average molecular weight is 383 g/mol. The molecule has 2 amide bonds. The molecule has 1 saturated heterocycles. The number of carbonyl (C=O) groups excluding carboxylic acids is 2. The van der Waals surface area contributed by atoms with E-state index >= 15 is 0 Å². The van der Waals surface area contributed by atoms with Crippen LogP contribution in [0, 0.1) is 11.7 Å². The Hall–Kier alpha value is -2.73. The van der Waals surface area contributed by atoms with Crippen molar-refractivity contribution in [3.8, 4) is 0 Å². The Balaban J connectivity index is 1.41. The molecule has 3 rings (SSSR count). The Morgan fingerprint density at radius 2 is 1.71 bits per heavy atom. The Morgan fingerprint density at radius 1 is 1.07 bits per heavy atom. The molecule has 1 aliphatic rings. The van der Waals surface area contributed by atoms with Crippen LogP contribution < -0.4 is 10.6 Å². The van der Waals surface area contributed by atoms with Gasteiger partial charge in [-0.2, -0.15) is 0 Å². The molecule has 0 radical (unpaired) electrons. The molecule has 0 bridgehead atoms. The lowest BCUT2D eigenvalue weighted by Gasteiger charge is -2.31. The fourth-order valence-electron chi connectivity index (χ4n) is 3.44. The molecule has 0 saturated carbocycles. The molecule has 2 N–H and O–H groups in total. The summed E-state index contributed by atoms with van der Waals surface area (Å²) in [5, 5.41) is 5.90. The average Bonchev–Trinajstić information content (AvgIpc) is 2.69. The van der Waals surface area contributed by atoms with Crippen LogP contribution in [0.4, 0.5) is 10.1 Å². The fraction of sp³-hybridized carbons (Fsp3) is 0.364. The van der Waals surface area contributed by atoms with Gasteiger partial charge in [0, 0.05) is 11.6 Å². The molecular weight excluding hydrogens is 357 g/mol. The number of carbonyl (C=O) groups is 2. The van der Waals surface area contributed by atoms with E-state index in [9.17, 15) is 14.0 Å². The molecule has 1 aliphatic heterocycles. The van der Waals surface area contributed by atoms with Gasteiger partial charge in [-0.25, -0.2) is 4.39 Å². The predicted molar refractivity (Wildman–Crippen MR) is 107 cm³/mol. The second-order valence-corrected chi connectivity index (χ2v) is 7.25.